The van der Waals surface area contributed by atoms with Crippen LogP contribution >= 0.6 is 0 Å². The standard InChI is InChI=1S/C12H7F2NO/c13-11-2-1-8(5-9(11)7-16)10-3-4-15-6-12(10)14/h1-7H. The van der Waals surface area contributed by atoms with Gasteiger partial charge in [0.15, 0.2) is 6.29 Å². The molecular formula is C12H7F2NO. The van der Waals surface area contributed by atoms with Gasteiger partial charge in [-0.2, -0.15) is 0 Å². The molecule has 16 heavy (non-hydrogen) atoms. The molecular weight excluding hydrogens is 212 g/mol. The van der Waals surface area contributed by atoms with Gasteiger partial charge in [-0.3, -0.25) is 9.78 Å². The van der Waals surface area contributed by atoms with Crippen molar-refractivity contribution in [2.45, 2.75) is 0 Å². The Kier molecular flexibility index (Phi) is 2.72. The van der Waals surface area contributed by atoms with Gasteiger partial charge in [0.25, 0.3) is 0 Å². The summed E-state index contributed by atoms with van der Waals surface area (Å²) in [5, 5.41) is 0. The van der Waals surface area contributed by atoms with Crippen molar-refractivity contribution < 1.29 is 13.6 Å². The number of aldehydes is 1. The Balaban J connectivity index is 2.57. The maximum absolute atomic E-state index is 13.4. The molecule has 4 heteroatoms. The van der Waals surface area contributed by atoms with Crippen LogP contribution in [0.3, 0.4) is 0 Å². The summed E-state index contributed by atoms with van der Waals surface area (Å²) in [6.07, 6.45) is 2.90. The lowest BCUT2D eigenvalue weighted by Gasteiger charge is -2.03. The van der Waals surface area contributed by atoms with Gasteiger partial charge in [-0.25, -0.2) is 8.78 Å². The minimum atomic E-state index is -0.617. The van der Waals surface area contributed by atoms with Crippen molar-refractivity contribution in [1.29, 1.82) is 0 Å². The van der Waals surface area contributed by atoms with Crippen molar-refractivity contribution in [1.82, 2.24) is 4.98 Å². The molecule has 0 aliphatic heterocycles. The van der Waals surface area contributed by atoms with E-state index in [4.69, 9.17) is 0 Å². The highest BCUT2D eigenvalue weighted by Gasteiger charge is 2.07. The van der Waals surface area contributed by atoms with Crippen LogP contribution in [0.2, 0.25) is 0 Å². The number of hydrogen-bond donors (Lipinski definition) is 0. The van der Waals surface area contributed by atoms with Crippen molar-refractivity contribution in [2.24, 2.45) is 0 Å². The van der Waals surface area contributed by atoms with Crippen molar-refractivity contribution in [3.05, 3.63) is 53.9 Å². The van der Waals surface area contributed by atoms with Gasteiger partial charge in [0.05, 0.1) is 11.8 Å². The SMILES string of the molecule is O=Cc1cc(-c2ccncc2F)ccc1F. The molecule has 0 saturated carbocycles. The number of carbonyl (C=O) groups is 1. The van der Waals surface area contributed by atoms with Gasteiger partial charge in [0.1, 0.15) is 11.6 Å². The fraction of sp³-hybridized carbons (Fsp3) is 0. The molecule has 2 nitrogen and oxygen atoms in total. The molecule has 1 heterocycles. The molecule has 0 amide bonds. The quantitative estimate of drug-likeness (QED) is 0.727. The Labute approximate surface area is 90.6 Å². The zero-order valence-electron chi connectivity index (χ0n) is 8.15. The number of carbonyl (C=O) groups excluding carboxylic acids is 1. The molecule has 80 valence electrons. The normalized spacial score (nSPS) is 10.1. The number of pyridine rings is 1. The third-order valence-electron chi connectivity index (χ3n) is 2.21. The maximum atomic E-state index is 13.4. The second-order valence-corrected chi connectivity index (χ2v) is 3.21. The van der Waals surface area contributed by atoms with Crippen LogP contribution in [0.25, 0.3) is 11.1 Å². The Morgan fingerprint density at radius 2 is 1.94 bits per heavy atom. The van der Waals surface area contributed by atoms with Crippen molar-refractivity contribution >= 4 is 6.29 Å². The van der Waals surface area contributed by atoms with Gasteiger partial charge >= 0.3 is 0 Å². The van der Waals surface area contributed by atoms with E-state index in [1.807, 2.05) is 0 Å². The number of hydrogen-bond acceptors (Lipinski definition) is 2. The summed E-state index contributed by atoms with van der Waals surface area (Å²) in [7, 11) is 0. The van der Waals surface area contributed by atoms with Crippen molar-refractivity contribution in [3.8, 4) is 11.1 Å². The van der Waals surface area contributed by atoms with Crippen LogP contribution in [-0.4, -0.2) is 11.3 Å². The molecule has 2 aromatic rings. The Bertz CT molecular complexity index is 540. The van der Waals surface area contributed by atoms with E-state index >= 15 is 0 Å². The molecule has 0 bridgehead atoms. The van der Waals surface area contributed by atoms with Crippen LogP contribution < -0.4 is 0 Å². The molecule has 1 aromatic heterocycles. The first kappa shape index (κ1) is 10.4. The first-order valence-corrected chi connectivity index (χ1v) is 4.57. The van der Waals surface area contributed by atoms with Gasteiger partial charge in [-0.15, -0.1) is 0 Å². The van der Waals surface area contributed by atoms with E-state index in [2.05, 4.69) is 4.98 Å². The molecule has 0 radical (unpaired) electrons. The van der Waals surface area contributed by atoms with E-state index in [9.17, 15) is 13.6 Å². The molecule has 0 aliphatic carbocycles. The van der Waals surface area contributed by atoms with Crippen molar-refractivity contribution in [3.63, 3.8) is 0 Å². The van der Waals surface area contributed by atoms with Gasteiger partial charge in [-0.05, 0) is 23.8 Å². The lowest BCUT2D eigenvalue weighted by atomic mass is 10.0. The highest BCUT2D eigenvalue weighted by atomic mass is 19.1. The fourth-order valence-corrected chi connectivity index (χ4v) is 1.41. The average molecular weight is 219 g/mol. The minimum absolute atomic E-state index is 0.0892. The second-order valence-electron chi connectivity index (χ2n) is 3.21. The van der Waals surface area contributed by atoms with E-state index in [0.29, 0.717) is 11.8 Å². The molecule has 0 atom stereocenters. The monoisotopic (exact) mass is 219 g/mol. The first-order chi connectivity index (χ1) is 7.72. The predicted octanol–water partition coefficient (Wildman–Crippen LogP) is 2.84. The van der Waals surface area contributed by atoms with E-state index in [-0.39, 0.29) is 11.1 Å². The topological polar surface area (TPSA) is 30.0 Å². The fourth-order valence-electron chi connectivity index (χ4n) is 1.41. The zero-order valence-corrected chi connectivity index (χ0v) is 8.15. The minimum Gasteiger partial charge on any atom is -0.298 e. The van der Waals surface area contributed by atoms with Crippen LogP contribution in [0.5, 0.6) is 0 Å². The summed E-state index contributed by atoms with van der Waals surface area (Å²) in [5.41, 5.74) is 0.648. The third-order valence-corrected chi connectivity index (χ3v) is 2.21. The molecule has 0 unspecified atom stereocenters. The number of halogens is 2. The number of rotatable bonds is 2. The summed E-state index contributed by atoms with van der Waals surface area (Å²) in [4.78, 5) is 14.2. The first-order valence-electron chi connectivity index (χ1n) is 4.57. The van der Waals surface area contributed by atoms with Gasteiger partial charge < -0.3 is 0 Å². The molecule has 2 rings (SSSR count). The molecule has 1 aromatic carbocycles. The van der Waals surface area contributed by atoms with Gasteiger partial charge in [0, 0.05) is 11.8 Å². The van der Waals surface area contributed by atoms with Crippen LogP contribution in [0.15, 0.2) is 36.7 Å². The lowest BCUT2D eigenvalue weighted by Crippen LogP contribution is -1.91. The average Bonchev–Trinajstić information content (AvgIpc) is 2.31. The van der Waals surface area contributed by atoms with E-state index < -0.39 is 11.6 Å². The smallest absolute Gasteiger partial charge is 0.153 e. The summed E-state index contributed by atoms with van der Waals surface area (Å²) >= 11 is 0. The molecule has 0 fully saturated rings. The lowest BCUT2D eigenvalue weighted by molar-refractivity contribution is 0.112. The van der Waals surface area contributed by atoms with Gasteiger partial charge in [0.2, 0.25) is 0 Å². The van der Waals surface area contributed by atoms with Crippen LogP contribution in [0, 0.1) is 11.6 Å². The molecule has 0 spiro atoms. The number of nitrogens with zero attached hydrogens (tertiary/aromatic N) is 1. The summed E-state index contributed by atoms with van der Waals surface area (Å²) in [6.45, 7) is 0. The Morgan fingerprint density at radius 1 is 1.12 bits per heavy atom. The summed E-state index contributed by atoms with van der Waals surface area (Å²) in [6, 6.07) is 5.33. The second kappa shape index (κ2) is 4.18. The van der Waals surface area contributed by atoms with Crippen molar-refractivity contribution in [2.75, 3.05) is 0 Å². The summed E-state index contributed by atoms with van der Waals surface area (Å²) < 4.78 is 26.4. The largest absolute Gasteiger partial charge is 0.298 e. The van der Waals surface area contributed by atoms with Crippen LogP contribution in [0.1, 0.15) is 10.4 Å². The highest BCUT2D eigenvalue weighted by molar-refractivity contribution is 5.79. The van der Waals surface area contributed by atoms with E-state index in [1.54, 1.807) is 0 Å². The van der Waals surface area contributed by atoms with E-state index in [0.717, 1.165) is 12.3 Å². The number of aromatic nitrogens is 1. The van der Waals surface area contributed by atoms with Gasteiger partial charge in [-0.1, -0.05) is 6.07 Å². The van der Waals surface area contributed by atoms with E-state index in [1.165, 1.54) is 24.4 Å². The maximum Gasteiger partial charge on any atom is 0.153 e. The predicted molar refractivity (Wildman–Crippen MR) is 55.0 cm³/mol. The Morgan fingerprint density at radius 3 is 2.62 bits per heavy atom. The molecule has 0 N–H and O–H groups in total. The molecule has 0 aliphatic rings. The third kappa shape index (κ3) is 1.82. The van der Waals surface area contributed by atoms with Crippen LogP contribution in [0.4, 0.5) is 8.78 Å². The van der Waals surface area contributed by atoms with Crippen LogP contribution in [-0.2, 0) is 0 Å². The molecule has 0 saturated heterocycles. The zero-order chi connectivity index (χ0) is 11.5. The highest BCUT2D eigenvalue weighted by Crippen LogP contribution is 2.23. The Hall–Kier alpha value is -2.10. The number of benzene rings is 1. The summed E-state index contributed by atoms with van der Waals surface area (Å²) in [5.74, 6) is -1.13.